The van der Waals surface area contributed by atoms with Crippen LogP contribution in [0.1, 0.15) is 5.56 Å². The predicted molar refractivity (Wildman–Crippen MR) is 109 cm³/mol. The maximum atomic E-state index is 12.8. The number of anilines is 2. The Morgan fingerprint density at radius 3 is 2.38 bits per heavy atom. The summed E-state index contributed by atoms with van der Waals surface area (Å²) in [7, 11) is 0. The number of pyridine rings is 1. The van der Waals surface area contributed by atoms with E-state index in [0.29, 0.717) is 10.7 Å². The monoisotopic (exact) mass is 360 g/mol. The highest BCUT2D eigenvalue weighted by Gasteiger charge is 2.15. The predicted octanol–water partition coefficient (Wildman–Crippen LogP) is 5.90. The molecule has 1 aromatic heterocycles. The van der Waals surface area contributed by atoms with Crippen LogP contribution in [0, 0.1) is 6.92 Å². The molecule has 0 aliphatic heterocycles. The molecule has 2 N–H and O–H groups in total. The first-order valence-electron chi connectivity index (χ1n) is 8.36. The van der Waals surface area contributed by atoms with Gasteiger partial charge in [-0.1, -0.05) is 59.6 Å². The minimum Gasteiger partial charge on any atom is -0.350 e. The summed E-state index contributed by atoms with van der Waals surface area (Å²) in [5.74, 6) is 0. The lowest BCUT2D eigenvalue weighted by atomic mass is 9.99. The zero-order chi connectivity index (χ0) is 18.1. The van der Waals surface area contributed by atoms with E-state index in [-0.39, 0.29) is 5.56 Å². The van der Waals surface area contributed by atoms with Crippen molar-refractivity contribution < 1.29 is 0 Å². The second-order valence-electron chi connectivity index (χ2n) is 6.25. The molecule has 4 aromatic rings. The number of aryl methyl sites for hydroxylation is 1. The average Bonchev–Trinajstić information content (AvgIpc) is 2.65. The van der Waals surface area contributed by atoms with E-state index in [1.807, 2.05) is 73.7 Å². The molecule has 26 heavy (non-hydrogen) atoms. The third-order valence-corrected chi connectivity index (χ3v) is 4.59. The highest BCUT2D eigenvalue weighted by molar-refractivity contribution is 6.31. The minimum atomic E-state index is -0.167. The summed E-state index contributed by atoms with van der Waals surface area (Å²) in [5.41, 5.74) is 4.92. The first kappa shape index (κ1) is 16.4. The number of fused-ring (bicyclic) bond motifs is 1. The second kappa shape index (κ2) is 6.70. The van der Waals surface area contributed by atoms with Gasteiger partial charge in [0.1, 0.15) is 5.69 Å². The standard InChI is InChI=1S/C22H17ClN2O/c1-14-7-10-17(11-8-14)24-21-20(15-5-3-2-4-6-15)18-13-16(23)9-12-19(18)25-22(21)26/h2-13,24H,1H3,(H,25,26). The van der Waals surface area contributed by atoms with E-state index in [1.54, 1.807) is 6.07 Å². The Morgan fingerprint density at radius 2 is 1.65 bits per heavy atom. The number of hydrogen-bond acceptors (Lipinski definition) is 2. The first-order chi connectivity index (χ1) is 12.6. The van der Waals surface area contributed by atoms with Gasteiger partial charge in [-0.15, -0.1) is 0 Å². The van der Waals surface area contributed by atoms with E-state index in [0.717, 1.165) is 33.3 Å². The van der Waals surface area contributed by atoms with Crippen LogP contribution in [0.2, 0.25) is 5.02 Å². The molecule has 4 rings (SSSR count). The Kier molecular flexibility index (Phi) is 4.23. The Morgan fingerprint density at radius 1 is 0.923 bits per heavy atom. The average molecular weight is 361 g/mol. The molecule has 0 aliphatic rings. The minimum absolute atomic E-state index is 0.167. The summed E-state index contributed by atoms with van der Waals surface area (Å²) in [6, 6.07) is 23.3. The summed E-state index contributed by atoms with van der Waals surface area (Å²) in [6.07, 6.45) is 0. The van der Waals surface area contributed by atoms with Crippen molar-refractivity contribution in [1.29, 1.82) is 0 Å². The molecule has 128 valence electrons. The Balaban J connectivity index is 2.00. The maximum absolute atomic E-state index is 12.8. The lowest BCUT2D eigenvalue weighted by Crippen LogP contribution is -2.13. The SMILES string of the molecule is Cc1ccc(Nc2c(-c3ccccc3)c3cc(Cl)ccc3[nH]c2=O)cc1. The molecule has 0 saturated heterocycles. The molecule has 0 saturated carbocycles. The molecule has 0 aliphatic carbocycles. The largest absolute Gasteiger partial charge is 0.350 e. The topological polar surface area (TPSA) is 44.9 Å². The highest BCUT2D eigenvalue weighted by atomic mass is 35.5. The number of benzene rings is 3. The van der Waals surface area contributed by atoms with Crippen LogP contribution in [0.4, 0.5) is 11.4 Å². The summed E-state index contributed by atoms with van der Waals surface area (Å²) >= 11 is 6.24. The van der Waals surface area contributed by atoms with Gasteiger partial charge >= 0.3 is 0 Å². The van der Waals surface area contributed by atoms with Crippen molar-refractivity contribution in [2.75, 3.05) is 5.32 Å². The fraction of sp³-hybridized carbons (Fsp3) is 0.0455. The van der Waals surface area contributed by atoms with Crippen LogP contribution in [-0.2, 0) is 0 Å². The van der Waals surface area contributed by atoms with E-state index >= 15 is 0 Å². The molecule has 0 unspecified atom stereocenters. The number of rotatable bonds is 3. The molecule has 1 heterocycles. The van der Waals surface area contributed by atoms with Gasteiger partial charge in [-0.3, -0.25) is 4.79 Å². The van der Waals surface area contributed by atoms with Gasteiger partial charge in [-0.05, 0) is 42.8 Å². The number of aromatic nitrogens is 1. The van der Waals surface area contributed by atoms with Gasteiger partial charge in [-0.25, -0.2) is 0 Å². The van der Waals surface area contributed by atoms with Crippen LogP contribution in [0.15, 0.2) is 77.6 Å². The fourth-order valence-corrected chi connectivity index (χ4v) is 3.24. The van der Waals surface area contributed by atoms with Gasteiger partial charge in [0.25, 0.3) is 5.56 Å². The van der Waals surface area contributed by atoms with Crippen molar-refractivity contribution in [3.63, 3.8) is 0 Å². The van der Waals surface area contributed by atoms with Crippen molar-refractivity contribution in [3.8, 4) is 11.1 Å². The van der Waals surface area contributed by atoms with Gasteiger partial charge in [0.15, 0.2) is 0 Å². The second-order valence-corrected chi connectivity index (χ2v) is 6.69. The zero-order valence-corrected chi connectivity index (χ0v) is 15.0. The Bertz CT molecular complexity index is 1130. The van der Waals surface area contributed by atoms with Crippen molar-refractivity contribution in [1.82, 2.24) is 4.98 Å². The van der Waals surface area contributed by atoms with Gasteiger partial charge < -0.3 is 10.3 Å². The zero-order valence-electron chi connectivity index (χ0n) is 14.2. The third kappa shape index (κ3) is 3.09. The molecule has 0 radical (unpaired) electrons. The van der Waals surface area contributed by atoms with Gasteiger partial charge in [-0.2, -0.15) is 0 Å². The van der Waals surface area contributed by atoms with E-state index in [2.05, 4.69) is 10.3 Å². The Hall–Kier alpha value is -3.04. The van der Waals surface area contributed by atoms with Crippen LogP contribution >= 0.6 is 11.6 Å². The van der Waals surface area contributed by atoms with Crippen LogP contribution in [0.5, 0.6) is 0 Å². The van der Waals surface area contributed by atoms with E-state index in [9.17, 15) is 4.79 Å². The van der Waals surface area contributed by atoms with Gasteiger partial charge in [0.05, 0.1) is 0 Å². The number of aromatic amines is 1. The Labute approximate surface area is 156 Å². The lowest BCUT2D eigenvalue weighted by Gasteiger charge is -2.15. The quantitative estimate of drug-likeness (QED) is 0.477. The molecule has 3 aromatic carbocycles. The number of H-pyrrole nitrogens is 1. The molecule has 0 fully saturated rings. The summed E-state index contributed by atoms with van der Waals surface area (Å²) in [5, 5.41) is 4.82. The lowest BCUT2D eigenvalue weighted by molar-refractivity contribution is 1.30. The number of nitrogens with one attached hydrogen (secondary N) is 2. The molecule has 0 bridgehead atoms. The molecule has 3 nitrogen and oxygen atoms in total. The van der Waals surface area contributed by atoms with Crippen molar-refractivity contribution in [3.05, 3.63) is 93.7 Å². The van der Waals surface area contributed by atoms with Crippen LogP contribution in [0.3, 0.4) is 0 Å². The fourth-order valence-electron chi connectivity index (χ4n) is 3.07. The van der Waals surface area contributed by atoms with Crippen LogP contribution < -0.4 is 10.9 Å². The number of halogens is 1. The van der Waals surface area contributed by atoms with Crippen molar-refractivity contribution >= 4 is 33.9 Å². The molecular formula is C22H17ClN2O. The van der Waals surface area contributed by atoms with Crippen molar-refractivity contribution in [2.45, 2.75) is 6.92 Å². The molecule has 0 amide bonds. The molecule has 0 spiro atoms. The maximum Gasteiger partial charge on any atom is 0.272 e. The highest BCUT2D eigenvalue weighted by Crippen LogP contribution is 2.35. The molecular weight excluding hydrogens is 344 g/mol. The van der Waals surface area contributed by atoms with Gasteiger partial charge in [0.2, 0.25) is 0 Å². The van der Waals surface area contributed by atoms with Gasteiger partial charge in [0, 0.05) is 27.2 Å². The molecule has 4 heteroatoms. The van der Waals surface area contributed by atoms with E-state index in [4.69, 9.17) is 11.6 Å². The van der Waals surface area contributed by atoms with Crippen LogP contribution in [-0.4, -0.2) is 4.98 Å². The normalized spacial score (nSPS) is 10.8. The third-order valence-electron chi connectivity index (χ3n) is 4.36. The summed E-state index contributed by atoms with van der Waals surface area (Å²) in [4.78, 5) is 15.8. The first-order valence-corrected chi connectivity index (χ1v) is 8.74. The van der Waals surface area contributed by atoms with E-state index < -0.39 is 0 Å². The smallest absolute Gasteiger partial charge is 0.272 e. The van der Waals surface area contributed by atoms with Crippen molar-refractivity contribution in [2.24, 2.45) is 0 Å². The van der Waals surface area contributed by atoms with Crippen LogP contribution in [0.25, 0.3) is 22.0 Å². The van der Waals surface area contributed by atoms with E-state index in [1.165, 1.54) is 0 Å². The summed E-state index contributed by atoms with van der Waals surface area (Å²) in [6.45, 7) is 2.03. The number of hydrogen-bond donors (Lipinski definition) is 2. The molecule has 0 atom stereocenters. The summed E-state index contributed by atoms with van der Waals surface area (Å²) < 4.78 is 0.